The van der Waals surface area contributed by atoms with Gasteiger partial charge in [0.25, 0.3) is 0 Å². The van der Waals surface area contributed by atoms with Crippen LogP contribution in [0.3, 0.4) is 0 Å². The van der Waals surface area contributed by atoms with E-state index in [1.54, 1.807) is 14.2 Å². The van der Waals surface area contributed by atoms with Gasteiger partial charge in [-0.2, -0.15) is 0 Å². The SMILES string of the molecule is COc1cc2c(cc1OC)[C@@H](c1ccccc1)[C@H](C(N)=O)N(C)CC2. The summed E-state index contributed by atoms with van der Waals surface area (Å²) in [6.45, 7) is 0.749. The Morgan fingerprint density at radius 2 is 1.76 bits per heavy atom. The third kappa shape index (κ3) is 3.20. The lowest BCUT2D eigenvalue weighted by atomic mass is 9.82. The number of carbonyl (C=O) groups is 1. The van der Waals surface area contributed by atoms with E-state index in [1.165, 1.54) is 0 Å². The molecule has 132 valence electrons. The molecule has 1 aliphatic rings. The van der Waals surface area contributed by atoms with Gasteiger partial charge in [0.1, 0.15) is 0 Å². The Hall–Kier alpha value is -2.53. The van der Waals surface area contributed by atoms with Crippen LogP contribution in [-0.4, -0.2) is 44.7 Å². The predicted molar refractivity (Wildman–Crippen MR) is 97.1 cm³/mol. The molecule has 0 bridgehead atoms. The van der Waals surface area contributed by atoms with Crippen molar-refractivity contribution in [3.05, 3.63) is 59.2 Å². The number of amides is 1. The predicted octanol–water partition coefficient (Wildman–Crippen LogP) is 2.18. The van der Waals surface area contributed by atoms with E-state index in [0.717, 1.165) is 29.7 Å². The average molecular weight is 340 g/mol. The highest BCUT2D eigenvalue weighted by atomic mass is 16.5. The molecule has 0 spiro atoms. The van der Waals surface area contributed by atoms with Gasteiger partial charge in [0, 0.05) is 12.5 Å². The van der Waals surface area contributed by atoms with Crippen molar-refractivity contribution in [1.29, 1.82) is 0 Å². The maximum Gasteiger partial charge on any atom is 0.235 e. The van der Waals surface area contributed by atoms with E-state index >= 15 is 0 Å². The fraction of sp³-hybridized carbons (Fsp3) is 0.350. The Labute approximate surface area is 148 Å². The summed E-state index contributed by atoms with van der Waals surface area (Å²) in [7, 11) is 5.20. The highest BCUT2D eigenvalue weighted by Gasteiger charge is 2.36. The molecule has 0 aromatic heterocycles. The summed E-state index contributed by atoms with van der Waals surface area (Å²) in [6.07, 6.45) is 0.819. The monoisotopic (exact) mass is 340 g/mol. The number of ether oxygens (including phenoxy) is 2. The molecular weight excluding hydrogens is 316 g/mol. The number of nitrogens with zero attached hydrogens (tertiary/aromatic N) is 1. The molecule has 0 saturated carbocycles. The van der Waals surface area contributed by atoms with Gasteiger partial charge in [0.2, 0.25) is 5.91 Å². The van der Waals surface area contributed by atoms with Gasteiger partial charge < -0.3 is 15.2 Å². The zero-order chi connectivity index (χ0) is 18.0. The molecule has 0 unspecified atom stereocenters. The second-order valence-electron chi connectivity index (χ2n) is 6.37. The number of rotatable bonds is 4. The van der Waals surface area contributed by atoms with Crippen LogP contribution in [0.1, 0.15) is 22.6 Å². The first-order chi connectivity index (χ1) is 12.1. The van der Waals surface area contributed by atoms with Crippen molar-refractivity contribution < 1.29 is 14.3 Å². The summed E-state index contributed by atoms with van der Waals surface area (Å²) in [4.78, 5) is 14.4. The number of hydrogen-bond donors (Lipinski definition) is 1. The van der Waals surface area contributed by atoms with Crippen molar-refractivity contribution in [2.75, 3.05) is 27.8 Å². The summed E-state index contributed by atoms with van der Waals surface area (Å²) < 4.78 is 11.0. The third-order valence-electron chi connectivity index (χ3n) is 4.96. The van der Waals surface area contributed by atoms with Gasteiger partial charge >= 0.3 is 0 Å². The van der Waals surface area contributed by atoms with Crippen LogP contribution in [0.15, 0.2) is 42.5 Å². The number of hydrogen-bond acceptors (Lipinski definition) is 4. The Morgan fingerprint density at radius 3 is 2.36 bits per heavy atom. The second kappa shape index (κ2) is 7.15. The molecule has 2 atom stereocenters. The zero-order valence-electron chi connectivity index (χ0n) is 14.9. The molecule has 1 amide bonds. The van der Waals surface area contributed by atoms with Crippen molar-refractivity contribution in [3.8, 4) is 11.5 Å². The van der Waals surface area contributed by atoms with Gasteiger partial charge in [-0.1, -0.05) is 30.3 Å². The minimum Gasteiger partial charge on any atom is -0.493 e. The van der Waals surface area contributed by atoms with Crippen LogP contribution >= 0.6 is 0 Å². The van der Waals surface area contributed by atoms with E-state index in [-0.39, 0.29) is 11.8 Å². The maximum atomic E-state index is 12.3. The highest BCUT2D eigenvalue weighted by molar-refractivity contribution is 5.82. The van der Waals surface area contributed by atoms with E-state index in [1.807, 2.05) is 54.4 Å². The summed E-state index contributed by atoms with van der Waals surface area (Å²) in [5.74, 6) is 0.892. The highest BCUT2D eigenvalue weighted by Crippen LogP contribution is 2.40. The lowest BCUT2D eigenvalue weighted by molar-refractivity contribution is -0.123. The number of benzene rings is 2. The van der Waals surface area contributed by atoms with Gasteiger partial charge in [0.05, 0.1) is 20.3 Å². The van der Waals surface area contributed by atoms with Crippen LogP contribution in [0, 0.1) is 0 Å². The van der Waals surface area contributed by atoms with Gasteiger partial charge in [-0.25, -0.2) is 0 Å². The molecule has 1 aliphatic heterocycles. The Kier molecular flexibility index (Phi) is 4.95. The first kappa shape index (κ1) is 17.3. The van der Waals surface area contributed by atoms with Crippen LogP contribution in [0.25, 0.3) is 0 Å². The number of methoxy groups -OCH3 is 2. The van der Waals surface area contributed by atoms with Crippen LogP contribution < -0.4 is 15.2 Å². The first-order valence-corrected chi connectivity index (χ1v) is 8.36. The molecule has 2 aromatic rings. The molecule has 25 heavy (non-hydrogen) atoms. The average Bonchev–Trinajstić information content (AvgIpc) is 2.77. The van der Waals surface area contributed by atoms with Crippen molar-refractivity contribution in [3.63, 3.8) is 0 Å². The Morgan fingerprint density at radius 1 is 1.12 bits per heavy atom. The first-order valence-electron chi connectivity index (χ1n) is 8.36. The summed E-state index contributed by atoms with van der Waals surface area (Å²) in [6, 6.07) is 13.6. The smallest absolute Gasteiger partial charge is 0.235 e. The molecule has 0 fully saturated rings. The van der Waals surface area contributed by atoms with Crippen LogP contribution in [0.5, 0.6) is 11.5 Å². The topological polar surface area (TPSA) is 64.8 Å². The number of carbonyl (C=O) groups excluding carboxylic acids is 1. The molecule has 0 aliphatic carbocycles. The fourth-order valence-corrected chi connectivity index (χ4v) is 3.71. The van der Waals surface area contributed by atoms with Gasteiger partial charge in [0.15, 0.2) is 11.5 Å². The number of primary amides is 1. The normalized spacial score (nSPS) is 20.4. The summed E-state index contributed by atoms with van der Waals surface area (Å²) >= 11 is 0. The van der Waals surface area contributed by atoms with E-state index in [4.69, 9.17) is 15.2 Å². The molecule has 5 heteroatoms. The fourth-order valence-electron chi connectivity index (χ4n) is 3.71. The molecule has 2 N–H and O–H groups in total. The molecule has 3 rings (SSSR count). The van der Waals surface area contributed by atoms with E-state index in [2.05, 4.69) is 0 Å². The number of fused-ring (bicyclic) bond motifs is 1. The number of nitrogens with two attached hydrogens (primary N) is 1. The van der Waals surface area contributed by atoms with Gasteiger partial charge in [-0.15, -0.1) is 0 Å². The Bertz CT molecular complexity index is 761. The van der Waals surface area contributed by atoms with E-state index < -0.39 is 6.04 Å². The zero-order valence-corrected chi connectivity index (χ0v) is 14.9. The minimum absolute atomic E-state index is 0.152. The number of likely N-dealkylation sites (N-methyl/N-ethyl adjacent to an activating group) is 1. The molecule has 1 heterocycles. The van der Waals surface area contributed by atoms with Crippen molar-refractivity contribution in [1.82, 2.24) is 4.90 Å². The van der Waals surface area contributed by atoms with Gasteiger partial charge in [-0.05, 0) is 42.3 Å². The third-order valence-corrected chi connectivity index (χ3v) is 4.96. The van der Waals surface area contributed by atoms with Crippen molar-refractivity contribution >= 4 is 5.91 Å². The lowest BCUT2D eigenvalue weighted by Gasteiger charge is -2.31. The van der Waals surface area contributed by atoms with Gasteiger partial charge in [-0.3, -0.25) is 9.69 Å². The van der Waals surface area contributed by atoms with Crippen LogP contribution in [-0.2, 0) is 11.2 Å². The lowest BCUT2D eigenvalue weighted by Crippen LogP contribution is -2.46. The summed E-state index contributed by atoms with van der Waals surface area (Å²) in [5, 5.41) is 0. The second-order valence-corrected chi connectivity index (χ2v) is 6.37. The molecule has 0 saturated heterocycles. The molecule has 0 radical (unpaired) electrons. The molecule has 5 nitrogen and oxygen atoms in total. The Balaban J connectivity index is 2.24. The largest absolute Gasteiger partial charge is 0.493 e. The molecule has 2 aromatic carbocycles. The summed E-state index contributed by atoms with van der Waals surface area (Å²) in [5.41, 5.74) is 9.09. The quantitative estimate of drug-likeness (QED) is 0.926. The van der Waals surface area contributed by atoms with E-state index in [0.29, 0.717) is 11.5 Å². The van der Waals surface area contributed by atoms with Crippen LogP contribution in [0.4, 0.5) is 0 Å². The maximum absolute atomic E-state index is 12.3. The van der Waals surface area contributed by atoms with E-state index in [9.17, 15) is 4.79 Å². The van der Waals surface area contributed by atoms with Crippen LogP contribution in [0.2, 0.25) is 0 Å². The van der Waals surface area contributed by atoms with Crippen molar-refractivity contribution in [2.24, 2.45) is 5.73 Å². The van der Waals surface area contributed by atoms with Crippen molar-refractivity contribution in [2.45, 2.75) is 18.4 Å². The minimum atomic E-state index is -0.415. The molecular formula is C20H24N2O3. The standard InChI is InChI=1S/C20H24N2O3/c1-22-10-9-14-11-16(24-2)17(25-3)12-15(14)18(19(22)20(21)23)13-7-5-4-6-8-13/h4-8,11-12,18-19H,9-10H2,1-3H3,(H2,21,23)/t18-,19-/m1/s1.